The van der Waals surface area contributed by atoms with Crippen molar-refractivity contribution in [2.75, 3.05) is 0 Å². The summed E-state index contributed by atoms with van der Waals surface area (Å²) in [6.45, 7) is 2.74. The van der Waals surface area contributed by atoms with Crippen molar-refractivity contribution in [3.8, 4) is 0 Å². The minimum Gasteiger partial charge on any atom is -0.334 e. The number of nitrogens with one attached hydrogen (secondary N) is 1. The lowest BCUT2D eigenvalue weighted by molar-refractivity contribution is -0.708. The van der Waals surface area contributed by atoms with Crippen LogP contribution in [0.2, 0.25) is 5.02 Å². The molecular weight excluding hydrogens is 346 g/mol. The predicted octanol–water partition coefficient (Wildman–Crippen LogP) is 3.55. The third kappa shape index (κ3) is 3.34. The molecule has 3 N–H and O–H groups in total. The Balaban J connectivity index is 1.55. The fraction of sp³-hybridized carbons (Fsp3) is 0.143. The number of rotatable bonds is 4. The van der Waals surface area contributed by atoms with Gasteiger partial charge in [-0.2, -0.15) is 0 Å². The molecule has 0 aliphatic heterocycles. The summed E-state index contributed by atoms with van der Waals surface area (Å²) in [7, 11) is 0. The Morgan fingerprint density at radius 1 is 1.08 bits per heavy atom. The van der Waals surface area contributed by atoms with Crippen molar-refractivity contribution in [1.82, 2.24) is 9.97 Å². The maximum absolute atomic E-state index is 12.2. The van der Waals surface area contributed by atoms with Crippen molar-refractivity contribution in [1.29, 1.82) is 0 Å². The van der Waals surface area contributed by atoms with Gasteiger partial charge in [0, 0.05) is 10.6 Å². The largest absolute Gasteiger partial charge is 0.334 e. The number of halogens is 1. The highest BCUT2D eigenvalue weighted by Crippen LogP contribution is 2.18. The molecule has 4 aromatic rings. The molecule has 4 nitrogen and oxygen atoms in total. The molecule has 0 aliphatic carbocycles. The van der Waals surface area contributed by atoms with E-state index in [1.165, 1.54) is 16.3 Å². The monoisotopic (exact) mass is 364 g/mol. The Hall–Kier alpha value is -2.69. The fourth-order valence-electron chi connectivity index (χ4n) is 3.17. The Kier molecular flexibility index (Phi) is 4.45. The fourth-order valence-corrected chi connectivity index (χ4v) is 3.34. The predicted molar refractivity (Wildman–Crippen MR) is 105 cm³/mol. The van der Waals surface area contributed by atoms with E-state index in [9.17, 15) is 4.79 Å². The van der Waals surface area contributed by atoms with Crippen LogP contribution >= 0.6 is 11.6 Å². The second-order valence-corrected chi connectivity index (χ2v) is 6.95. The molecule has 1 atom stereocenters. The van der Waals surface area contributed by atoms with Gasteiger partial charge >= 0.3 is 0 Å². The third-order valence-corrected chi connectivity index (χ3v) is 4.92. The number of aromatic amines is 1. The van der Waals surface area contributed by atoms with E-state index in [1.54, 1.807) is 18.2 Å². The zero-order valence-electron chi connectivity index (χ0n) is 14.4. The second-order valence-electron chi connectivity index (χ2n) is 6.51. The summed E-state index contributed by atoms with van der Waals surface area (Å²) in [6.07, 6.45) is 0. The number of hydrogen-bond donors (Lipinski definition) is 2. The summed E-state index contributed by atoms with van der Waals surface area (Å²) in [5.74, 6) is 0.650. The molecule has 3 aromatic carbocycles. The van der Waals surface area contributed by atoms with Crippen LogP contribution in [0.4, 0.5) is 0 Å². The number of benzene rings is 3. The smallest absolute Gasteiger partial charge is 0.258 e. The van der Waals surface area contributed by atoms with E-state index in [4.69, 9.17) is 11.6 Å². The Morgan fingerprint density at radius 3 is 2.73 bits per heavy atom. The van der Waals surface area contributed by atoms with E-state index in [1.807, 2.05) is 6.07 Å². The van der Waals surface area contributed by atoms with E-state index in [2.05, 4.69) is 58.6 Å². The highest BCUT2D eigenvalue weighted by molar-refractivity contribution is 6.31. The minimum absolute atomic E-state index is 0.131. The van der Waals surface area contributed by atoms with Crippen LogP contribution in [0.1, 0.15) is 24.4 Å². The number of nitrogens with two attached hydrogens (primary N) is 1. The van der Waals surface area contributed by atoms with Crippen molar-refractivity contribution in [2.45, 2.75) is 19.5 Å². The van der Waals surface area contributed by atoms with Crippen LogP contribution in [0.3, 0.4) is 0 Å². The van der Waals surface area contributed by atoms with Crippen LogP contribution in [0.15, 0.2) is 65.5 Å². The van der Waals surface area contributed by atoms with E-state index in [0.29, 0.717) is 28.3 Å². The van der Waals surface area contributed by atoms with Gasteiger partial charge in [-0.25, -0.2) is 4.98 Å². The summed E-state index contributed by atoms with van der Waals surface area (Å²) in [6, 6.07) is 20.2. The molecule has 26 heavy (non-hydrogen) atoms. The number of fused-ring (bicyclic) bond motifs is 2. The topological polar surface area (TPSA) is 62.4 Å². The summed E-state index contributed by atoms with van der Waals surface area (Å²) in [4.78, 5) is 19.6. The summed E-state index contributed by atoms with van der Waals surface area (Å²) >= 11 is 6.02. The van der Waals surface area contributed by atoms with Gasteiger partial charge in [0.2, 0.25) is 0 Å². The van der Waals surface area contributed by atoms with Gasteiger partial charge in [0.05, 0.1) is 10.9 Å². The molecule has 0 fully saturated rings. The number of quaternary nitrogens is 1. The highest BCUT2D eigenvalue weighted by Gasteiger charge is 2.11. The molecular formula is C21H19ClN3O+. The first-order valence-electron chi connectivity index (χ1n) is 8.60. The first-order chi connectivity index (χ1) is 12.6. The zero-order chi connectivity index (χ0) is 18.1. The average molecular weight is 365 g/mol. The molecule has 0 spiro atoms. The molecule has 0 bridgehead atoms. The van der Waals surface area contributed by atoms with Crippen molar-refractivity contribution >= 4 is 33.3 Å². The van der Waals surface area contributed by atoms with Gasteiger partial charge in [-0.15, -0.1) is 0 Å². The lowest BCUT2D eigenvalue weighted by Gasteiger charge is -2.12. The SMILES string of the molecule is C[C@@H]([NH2+]Cc1nc2cc(Cl)ccc2c(=O)[nH]1)c1ccc2ccccc2c1. The number of H-pyrrole nitrogens is 1. The van der Waals surface area contributed by atoms with Crippen LogP contribution in [-0.2, 0) is 6.54 Å². The highest BCUT2D eigenvalue weighted by atomic mass is 35.5. The van der Waals surface area contributed by atoms with Gasteiger partial charge in [-0.05, 0) is 42.0 Å². The summed E-state index contributed by atoms with van der Waals surface area (Å²) < 4.78 is 0. The van der Waals surface area contributed by atoms with E-state index >= 15 is 0 Å². The molecule has 0 radical (unpaired) electrons. The Labute approximate surface area is 155 Å². The number of hydrogen-bond acceptors (Lipinski definition) is 2. The molecule has 0 saturated heterocycles. The van der Waals surface area contributed by atoms with Gasteiger partial charge in [0.15, 0.2) is 5.82 Å². The van der Waals surface area contributed by atoms with Crippen LogP contribution in [0, 0.1) is 0 Å². The van der Waals surface area contributed by atoms with Crippen molar-refractivity contribution in [3.05, 3.63) is 87.4 Å². The van der Waals surface area contributed by atoms with Crippen LogP contribution in [-0.4, -0.2) is 9.97 Å². The van der Waals surface area contributed by atoms with Crippen LogP contribution in [0.5, 0.6) is 0 Å². The summed E-state index contributed by atoms with van der Waals surface area (Å²) in [5.41, 5.74) is 1.74. The molecule has 0 amide bonds. The zero-order valence-corrected chi connectivity index (χ0v) is 15.1. The lowest BCUT2D eigenvalue weighted by atomic mass is 10.0. The number of nitrogens with zero attached hydrogens (tertiary/aromatic N) is 1. The van der Waals surface area contributed by atoms with Crippen molar-refractivity contribution in [2.24, 2.45) is 0 Å². The first-order valence-corrected chi connectivity index (χ1v) is 8.98. The molecule has 1 heterocycles. The lowest BCUT2D eigenvalue weighted by Crippen LogP contribution is -2.83. The van der Waals surface area contributed by atoms with Crippen molar-refractivity contribution < 1.29 is 5.32 Å². The molecule has 4 rings (SSSR count). The van der Waals surface area contributed by atoms with Crippen molar-refractivity contribution in [3.63, 3.8) is 0 Å². The van der Waals surface area contributed by atoms with Gasteiger partial charge in [-0.1, -0.05) is 48.0 Å². The second kappa shape index (κ2) is 6.90. The van der Waals surface area contributed by atoms with Gasteiger partial charge < -0.3 is 10.3 Å². The molecule has 0 saturated carbocycles. The average Bonchev–Trinajstić information content (AvgIpc) is 2.65. The van der Waals surface area contributed by atoms with E-state index < -0.39 is 0 Å². The maximum atomic E-state index is 12.2. The Bertz CT molecular complexity index is 1150. The molecule has 130 valence electrons. The minimum atomic E-state index is -0.131. The number of aromatic nitrogens is 2. The van der Waals surface area contributed by atoms with Gasteiger partial charge in [0.25, 0.3) is 5.56 Å². The van der Waals surface area contributed by atoms with Gasteiger partial charge in [0.1, 0.15) is 12.6 Å². The van der Waals surface area contributed by atoms with Crippen LogP contribution in [0.25, 0.3) is 21.7 Å². The molecule has 0 aliphatic rings. The normalized spacial score (nSPS) is 12.5. The maximum Gasteiger partial charge on any atom is 0.258 e. The Morgan fingerprint density at radius 2 is 1.88 bits per heavy atom. The third-order valence-electron chi connectivity index (χ3n) is 4.68. The summed E-state index contributed by atoms with van der Waals surface area (Å²) in [5, 5.41) is 5.77. The van der Waals surface area contributed by atoms with Gasteiger partial charge in [-0.3, -0.25) is 4.79 Å². The van der Waals surface area contributed by atoms with E-state index in [-0.39, 0.29) is 11.6 Å². The molecule has 0 unspecified atom stereocenters. The standard InChI is InChI=1S/C21H18ClN3O/c1-13(15-7-6-14-4-2-3-5-16(14)10-15)23-12-20-24-19-11-17(22)8-9-18(19)21(26)25-20/h2-11,13,23H,12H2,1H3,(H,24,25,26)/p+1/t13-/m1/s1. The first kappa shape index (κ1) is 16.8. The molecule has 1 aromatic heterocycles. The van der Waals surface area contributed by atoms with E-state index in [0.717, 1.165) is 0 Å². The molecule has 5 heteroatoms. The quantitative estimate of drug-likeness (QED) is 0.581. The van der Waals surface area contributed by atoms with Crippen LogP contribution < -0.4 is 10.9 Å².